The molecule has 0 amide bonds. The van der Waals surface area contributed by atoms with Gasteiger partial charge in [-0.3, -0.25) is 0 Å². The van der Waals surface area contributed by atoms with Crippen molar-refractivity contribution in [3.8, 4) is 0 Å². The summed E-state index contributed by atoms with van der Waals surface area (Å²) in [4.78, 5) is 0. The maximum Gasteiger partial charge on any atom is 0.206 e. The van der Waals surface area contributed by atoms with Crippen LogP contribution < -0.4 is 10.9 Å². The second-order valence-electron chi connectivity index (χ2n) is 16.3. The van der Waals surface area contributed by atoms with Crippen LogP contribution in [0.3, 0.4) is 0 Å². The number of quaternary nitrogens is 1. The van der Waals surface area contributed by atoms with E-state index in [4.69, 9.17) is 0 Å². The lowest BCUT2D eigenvalue weighted by Gasteiger charge is -2.40. The van der Waals surface area contributed by atoms with Gasteiger partial charge in [-0.05, 0) is 83.3 Å². The lowest BCUT2D eigenvalue weighted by molar-refractivity contribution is -0.929. The second-order valence-corrected chi connectivity index (χ2v) is 16.3. The lowest BCUT2D eigenvalue weighted by Crippen LogP contribution is -2.50. The normalized spacial score (nSPS) is 11.4. The fraction of sp³-hybridized carbons (Fsp3) is 0.750. The van der Waals surface area contributed by atoms with Gasteiger partial charge in [0, 0.05) is 0 Å². The van der Waals surface area contributed by atoms with Crippen LogP contribution in [-0.4, -0.2) is 37.4 Å². The summed E-state index contributed by atoms with van der Waals surface area (Å²) in [6.07, 6.45) is 34.8. The molecule has 0 aliphatic rings. The van der Waals surface area contributed by atoms with Crippen molar-refractivity contribution in [2.45, 2.75) is 209 Å². The molecule has 286 valence electrons. The Hall–Kier alpha value is -1.54. The molecule has 2 rings (SSSR count). The van der Waals surface area contributed by atoms with Crippen molar-refractivity contribution in [1.82, 2.24) is 0 Å². The molecular formula is C48H87BN+. The van der Waals surface area contributed by atoms with E-state index in [1.165, 1.54) is 212 Å². The van der Waals surface area contributed by atoms with Crippen molar-refractivity contribution in [3.63, 3.8) is 0 Å². The minimum Gasteiger partial charge on any atom is -0.324 e. The molecule has 2 heteroatoms. The van der Waals surface area contributed by atoms with Crippen molar-refractivity contribution in [1.29, 1.82) is 0 Å². The van der Waals surface area contributed by atoms with E-state index >= 15 is 0 Å². The molecule has 0 bridgehead atoms. The summed E-state index contributed by atoms with van der Waals surface area (Å²) < 4.78 is 1.48. The summed E-state index contributed by atoms with van der Waals surface area (Å²) in [6.45, 7) is 24.5. The minimum absolute atomic E-state index is 0.467. The van der Waals surface area contributed by atoms with Gasteiger partial charge in [-0.1, -0.05) is 196 Å². The number of hydrogen-bond donors (Lipinski definition) is 0. The first kappa shape index (κ1) is 46.5. The molecule has 0 unspecified atom stereocenters. The Balaban J connectivity index is 0.000000607. The predicted molar refractivity (Wildman–Crippen MR) is 231 cm³/mol. The van der Waals surface area contributed by atoms with Gasteiger partial charge in [0.1, 0.15) is 0 Å². The minimum atomic E-state index is 0.467. The number of rotatable bonds is 30. The summed E-state index contributed by atoms with van der Waals surface area (Å²) in [6, 6.07) is 15.6. The zero-order valence-corrected chi connectivity index (χ0v) is 35.4. The third-order valence-electron chi connectivity index (χ3n) is 11.6. The monoisotopic (exact) mass is 689 g/mol. The molecule has 2 aromatic carbocycles. The number of unbranched alkanes of at least 4 members (excludes halogenated alkanes) is 20. The molecule has 0 saturated heterocycles. The van der Waals surface area contributed by atoms with E-state index in [1.54, 1.807) is 0 Å². The van der Waals surface area contributed by atoms with Crippen LogP contribution in [0.2, 0.25) is 6.82 Å². The molecule has 0 N–H and O–H groups in total. The molecule has 50 heavy (non-hydrogen) atoms. The highest BCUT2D eigenvalue weighted by Crippen LogP contribution is 2.21. The SMILES string of the molecule is CB(c1ccc(C)cc1)c1ccc(C)c(C)c1.CCCCCCCC[N+](CCCCCCCC)(CCCCCCCC)CCCCCCCC. The smallest absolute Gasteiger partial charge is 0.206 e. The number of benzene rings is 2. The van der Waals surface area contributed by atoms with Crippen LogP contribution in [0.25, 0.3) is 0 Å². The van der Waals surface area contributed by atoms with E-state index in [0.717, 1.165) is 0 Å². The summed E-state index contributed by atoms with van der Waals surface area (Å²) >= 11 is 0. The van der Waals surface area contributed by atoms with Gasteiger partial charge in [-0.2, -0.15) is 0 Å². The highest BCUT2D eigenvalue weighted by atomic mass is 15.3. The van der Waals surface area contributed by atoms with Crippen LogP contribution in [0, 0.1) is 20.8 Å². The first-order valence-corrected chi connectivity index (χ1v) is 22.3. The fourth-order valence-corrected chi connectivity index (χ4v) is 7.66. The van der Waals surface area contributed by atoms with Gasteiger partial charge < -0.3 is 4.48 Å². The predicted octanol–water partition coefficient (Wildman–Crippen LogP) is 14.1. The number of aryl methyl sites for hydroxylation is 3. The average Bonchev–Trinajstić information content (AvgIpc) is 3.12. The first-order chi connectivity index (χ1) is 24.3. The highest BCUT2D eigenvalue weighted by Gasteiger charge is 2.25. The van der Waals surface area contributed by atoms with Gasteiger partial charge >= 0.3 is 0 Å². The van der Waals surface area contributed by atoms with E-state index in [1.807, 2.05) is 0 Å². The Morgan fingerprint density at radius 2 is 0.700 bits per heavy atom. The molecule has 0 aliphatic carbocycles. The third-order valence-corrected chi connectivity index (χ3v) is 11.6. The van der Waals surface area contributed by atoms with Crippen molar-refractivity contribution >= 4 is 17.6 Å². The number of hydrogen-bond acceptors (Lipinski definition) is 0. The quantitative estimate of drug-likeness (QED) is 0.0435. The van der Waals surface area contributed by atoms with Crippen molar-refractivity contribution in [2.24, 2.45) is 0 Å². The molecule has 0 saturated carbocycles. The summed E-state index contributed by atoms with van der Waals surface area (Å²) in [5.41, 5.74) is 6.85. The molecule has 0 atom stereocenters. The Bertz CT molecular complexity index is 957. The topological polar surface area (TPSA) is 0 Å². The summed E-state index contributed by atoms with van der Waals surface area (Å²) in [5.74, 6) is 0. The van der Waals surface area contributed by atoms with Gasteiger partial charge in [0.25, 0.3) is 0 Å². The Kier molecular flexibility index (Phi) is 28.9. The molecule has 0 heterocycles. The van der Waals surface area contributed by atoms with Gasteiger partial charge in [-0.25, -0.2) is 0 Å². The third kappa shape index (κ3) is 22.4. The molecule has 0 spiro atoms. The highest BCUT2D eigenvalue weighted by molar-refractivity contribution is 6.84. The fourth-order valence-electron chi connectivity index (χ4n) is 7.66. The molecule has 2 aromatic rings. The Labute approximate surface area is 315 Å². The molecule has 0 fully saturated rings. The first-order valence-electron chi connectivity index (χ1n) is 22.3. The van der Waals surface area contributed by atoms with Crippen LogP contribution in [-0.2, 0) is 0 Å². The van der Waals surface area contributed by atoms with E-state index < -0.39 is 0 Å². The maximum atomic E-state index is 2.34. The Morgan fingerprint density at radius 1 is 0.380 bits per heavy atom. The van der Waals surface area contributed by atoms with Gasteiger partial charge in [0.15, 0.2) is 0 Å². The summed E-state index contributed by atoms with van der Waals surface area (Å²) in [7, 11) is 0. The van der Waals surface area contributed by atoms with Gasteiger partial charge in [-0.15, -0.1) is 0 Å². The summed E-state index contributed by atoms with van der Waals surface area (Å²) in [5, 5.41) is 0. The molecule has 1 nitrogen and oxygen atoms in total. The van der Waals surface area contributed by atoms with Crippen molar-refractivity contribution in [3.05, 3.63) is 59.2 Å². The van der Waals surface area contributed by atoms with Crippen LogP contribution in [0.5, 0.6) is 0 Å². The molecule has 0 aliphatic heterocycles. The van der Waals surface area contributed by atoms with Crippen LogP contribution in [0.15, 0.2) is 42.5 Å². The zero-order chi connectivity index (χ0) is 36.7. The van der Waals surface area contributed by atoms with E-state index in [2.05, 4.69) is 97.8 Å². The molecule has 0 aromatic heterocycles. The largest absolute Gasteiger partial charge is 0.324 e. The van der Waals surface area contributed by atoms with Crippen LogP contribution >= 0.6 is 0 Å². The molecule has 0 radical (unpaired) electrons. The maximum absolute atomic E-state index is 2.34. The van der Waals surface area contributed by atoms with Gasteiger partial charge in [0.2, 0.25) is 6.71 Å². The number of nitrogens with zero attached hydrogens (tertiary/aromatic N) is 1. The Morgan fingerprint density at radius 3 is 1.04 bits per heavy atom. The average molecular weight is 689 g/mol. The van der Waals surface area contributed by atoms with Crippen LogP contribution in [0.4, 0.5) is 0 Å². The van der Waals surface area contributed by atoms with E-state index in [-0.39, 0.29) is 0 Å². The van der Waals surface area contributed by atoms with Crippen LogP contribution in [0.1, 0.15) is 198 Å². The molecular weight excluding hydrogens is 601 g/mol. The van der Waals surface area contributed by atoms with E-state index in [9.17, 15) is 0 Å². The van der Waals surface area contributed by atoms with E-state index in [0.29, 0.717) is 6.71 Å². The second kappa shape index (κ2) is 31.0. The zero-order valence-electron chi connectivity index (χ0n) is 35.4. The van der Waals surface area contributed by atoms with Crippen molar-refractivity contribution < 1.29 is 4.48 Å². The standard InChI is InChI=1S/C32H68N.C16H19B/c1-5-9-13-17-21-25-29-33(30-26-22-18-14-10-6-2,31-27-23-19-15-11-7-3)32-28-24-20-16-12-8-4;1-12-5-8-15(9-6-12)17(4)16-10-7-13(2)14(3)11-16/h5-32H2,1-4H3;5-11H,1-4H3/q+1;. The van der Waals surface area contributed by atoms with Gasteiger partial charge in [0.05, 0.1) is 26.2 Å². The van der Waals surface area contributed by atoms with Crippen molar-refractivity contribution in [2.75, 3.05) is 26.2 Å². The lowest BCUT2D eigenvalue weighted by atomic mass is 9.42.